The van der Waals surface area contributed by atoms with Crippen LogP contribution in [0.2, 0.25) is 10.0 Å². The van der Waals surface area contributed by atoms with E-state index in [1.807, 2.05) is 6.07 Å². The first-order chi connectivity index (χ1) is 7.20. The van der Waals surface area contributed by atoms with Gasteiger partial charge < -0.3 is 10.6 Å². The fourth-order valence-electron chi connectivity index (χ4n) is 1.40. The molecule has 0 saturated heterocycles. The molecule has 15 heavy (non-hydrogen) atoms. The molecule has 0 unspecified atom stereocenters. The van der Waals surface area contributed by atoms with Gasteiger partial charge in [0.1, 0.15) is 6.10 Å². The van der Waals surface area contributed by atoms with E-state index < -0.39 is 0 Å². The zero-order valence-corrected chi connectivity index (χ0v) is 9.42. The van der Waals surface area contributed by atoms with Crippen LogP contribution in [0.4, 0.5) is 0 Å². The van der Waals surface area contributed by atoms with Crippen LogP contribution in [0.5, 0.6) is 0 Å². The largest absolute Gasteiger partial charge is 0.390 e. The normalized spacial score (nSPS) is 19.9. The summed E-state index contributed by atoms with van der Waals surface area (Å²) in [6.07, 6.45) is 0.698. The lowest BCUT2D eigenvalue weighted by Gasteiger charge is -2.03. The number of halogens is 2. The topological polar surface area (TPSA) is 47.6 Å². The minimum atomic E-state index is -0.0190. The molecule has 5 heteroatoms. The number of hydrogen-bond donors (Lipinski definition) is 1. The summed E-state index contributed by atoms with van der Waals surface area (Å²) in [5.74, 6) is 0. The van der Waals surface area contributed by atoms with Crippen LogP contribution in [0.1, 0.15) is 12.0 Å². The van der Waals surface area contributed by atoms with E-state index in [0.29, 0.717) is 23.0 Å². The molecule has 3 nitrogen and oxygen atoms in total. The Labute approximate surface area is 97.8 Å². The second-order valence-corrected chi connectivity index (χ2v) is 4.15. The van der Waals surface area contributed by atoms with E-state index in [1.165, 1.54) is 0 Å². The van der Waals surface area contributed by atoms with Crippen molar-refractivity contribution in [2.45, 2.75) is 12.5 Å². The molecule has 0 radical (unpaired) electrons. The molecule has 2 rings (SSSR count). The van der Waals surface area contributed by atoms with E-state index in [1.54, 1.807) is 12.1 Å². The van der Waals surface area contributed by atoms with Crippen LogP contribution >= 0.6 is 23.2 Å². The summed E-state index contributed by atoms with van der Waals surface area (Å²) < 4.78 is 0. The van der Waals surface area contributed by atoms with Crippen molar-refractivity contribution in [3.05, 3.63) is 33.8 Å². The number of nitrogens with two attached hydrogens (primary N) is 1. The summed E-state index contributed by atoms with van der Waals surface area (Å²) in [7, 11) is 0. The molecule has 0 fully saturated rings. The molecule has 80 valence electrons. The molecular formula is C10H10Cl2N2O. The van der Waals surface area contributed by atoms with Gasteiger partial charge in [-0.15, -0.1) is 0 Å². The zero-order valence-electron chi connectivity index (χ0n) is 7.91. The fourth-order valence-corrected chi connectivity index (χ4v) is 1.70. The highest BCUT2D eigenvalue weighted by Gasteiger charge is 2.20. The molecule has 0 saturated carbocycles. The molecule has 1 atom stereocenters. The third-order valence-electron chi connectivity index (χ3n) is 2.25. The fraction of sp³-hybridized carbons (Fsp3) is 0.300. The average molecular weight is 245 g/mol. The second-order valence-electron chi connectivity index (χ2n) is 3.33. The lowest BCUT2D eigenvalue weighted by atomic mass is 10.1. The Morgan fingerprint density at radius 2 is 2.20 bits per heavy atom. The van der Waals surface area contributed by atoms with Crippen molar-refractivity contribution in [2.75, 3.05) is 6.54 Å². The highest BCUT2D eigenvalue weighted by atomic mass is 35.5. The standard InChI is InChI=1S/C10H10Cl2N2O/c11-8-2-1-6(3-9(8)12)10-4-7(5-13)15-14-10/h1-3,7H,4-5,13H2/t7-/m0/s1. The summed E-state index contributed by atoms with van der Waals surface area (Å²) in [4.78, 5) is 5.13. The predicted molar refractivity (Wildman–Crippen MR) is 61.5 cm³/mol. The number of rotatable bonds is 2. The Hall–Kier alpha value is -0.770. The summed E-state index contributed by atoms with van der Waals surface area (Å²) in [6, 6.07) is 5.40. The molecule has 0 amide bonds. The first-order valence-electron chi connectivity index (χ1n) is 4.59. The molecule has 0 aromatic heterocycles. The van der Waals surface area contributed by atoms with Gasteiger partial charge in [-0.25, -0.2) is 0 Å². The van der Waals surface area contributed by atoms with Gasteiger partial charge in [0, 0.05) is 18.5 Å². The third-order valence-corrected chi connectivity index (χ3v) is 2.99. The monoisotopic (exact) mass is 244 g/mol. The van der Waals surface area contributed by atoms with Crippen LogP contribution in [0.25, 0.3) is 0 Å². The molecule has 0 aliphatic carbocycles. The van der Waals surface area contributed by atoms with E-state index in [0.717, 1.165) is 11.3 Å². The van der Waals surface area contributed by atoms with Gasteiger partial charge in [0.2, 0.25) is 0 Å². The van der Waals surface area contributed by atoms with E-state index in [2.05, 4.69) is 5.16 Å². The SMILES string of the molecule is NC[C@@H]1CC(c2ccc(Cl)c(Cl)c2)=NO1. The van der Waals surface area contributed by atoms with E-state index in [-0.39, 0.29) is 6.10 Å². The van der Waals surface area contributed by atoms with Gasteiger partial charge in [-0.3, -0.25) is 0 Å². The maximum absolute atomic E-state index is 5.91. The Kier molecular flexibility index (Phi) is 3.14. The van der Waals surface area contributed by atoms with Crippen LogP contribution in [-0.4, -0.2) is 18.4 Å². The first-order valence-corrected chi connectivity index (χ1v) is 5.34. The molecular weight excluding hydrogens is 235 g/mol. The van der Waals surface area contributed by atoms with Crippen LogP contribution in [0, 0.1) is 0 Å². The lowest BCUT2D eigenvalue weighted by Crippen LogP contribution is -2.20. The van der Waals surface area contributed by atoms with Gasteiger partial charge >= 0.3 is 0 Å². The minimum absolute atomic E-state index is 0.0190. The minimum Gasteiger partial charge on any atom is -0.390 e. The van der Waals surface area contributed by atoms with E-state index in [4.69, 9.17) is 33.8 Å². The van der Waals surface area contributed by atoms with E-state index in [9.17, 15) is 0 Å². The van der Waals surface area contributed by atoms with Crippen LogP contribution in [0.3, 0.4) is 0 Å². The van der Waals surface area contributed by atoms with Gasteiger partial charge in [-0.2, -0.15) is 0 Å². The van der Waals surface area contributed by atoms with Crippen molar-refractivity contribution >= 4 is 28.9 Å². The highest BCUT2D eigenvalue weighted by molar-refractivity contribution is 6.42. The van der Waals surface area contributed by atoms with Gasteiger partial charge in [0.25, 0.3) is 0 Å². The third kappa shape index (κ3) is 2.25. The molecule has 1 aromatic rings. The van der Waals surface area contributed by atoms with Gasteiger partial charge in [-0.1, -0.05) is 34.4 Å². The van der Waals surface area contributed by atoms with Crippen molar-refractivity contribution in [1.82, 2.24) is 0 Å². The summed E-state index contributed by atoms with van der Waals surface area (Å²) in [6.45, 7) is 0.467. The number of nitrogens with zero attached hydrogens (tertiary/aromatic N) is 1. The average Bonchev–Trinajstić information content (AvgIpc) is 2.70. The molecule has 2 N–H and O–H groups in total. The van der Waals surface area contributed by atoms with Gasteiger partial charge in [-0.05, 0) is 12.1 Å². The van der Waals surface area contributed by atoms with E-state index >= 15 is 0 Å². The second kappa shape index (κ2) is 4.39. The van der Waals surface area contributed by atoms with Gasteiger partial charge in [0.05, 0.1) is 15.8 Å². The molecule has 1 heterocycles. The quantitative estimate of drug-likeness (QED) is 0.869. The number of oxime groups is 1. The highest BCUT2D eigenvalue weighted by Crippen LogP contribution is 2.25. The lowest BCUT2D eigenvalue weighted by molar-refractivity contribution is 0.0918. The zero-order chi connectivity index (χ0) is 10.8. The van der Waals surface area contributed by atoms with Crippen molar-refractivity contribution < 1.29 is 4.84 Å². The van der Waals surface area contributed by atoms with Crippen molar-refractivity contribution in [1.29, 1.82) is 0 Å². The van der Waals surface area contributed by atoms with Crippen LogP contribution < -0.4 is 5.73 Å². The number of benzene rings is 1. The summed E-state index contributed by atoms with van der Waals surface area (Å²) in [5, 5.41) is 5.02. The van der Waals surface area contributed by atoms with Crippen molar-refractivity contribution in [2.24, 2.45) is 10.9 Å². The maximum atomic E-state index is 5.91. The first kappa shape index (κ1) is 10.7. The summed E-state index contributed by atoms with van der Waals surface area (Å²) in [5.41, 5.74) is 7.28. The molecule has 1 aromatic carbocycles. The van der Waals surface area contributed by atoms with Crippen LogP contribution in [-0.2, 0) is 4.84 Å². The predicted octanol–water partition coefficient (Wildman–Crippen LogP) is 2.45. The van der Waals surface area contributed by atoms with Crippen molar-refractivity contribution in [3.8, 4) is 0 Å². The Bertz CT molecular complexity index is 406. The Balaban J connectivity index is 2.21. The molecule has 0 bridgehead atoms. The smallest absolute Gasteiger partial charge is 0.145 e. The Morgan fingerprint density at radius 1 is 1.40 bits per heavy atom. The van der Waals surface area contributed by atoms with Gasteiger partial charge in [0.15, 0.2) is 0 Å². The maximum Gasteiger partial charge on any atom is 0.145 e. The van der Waals surface area contributed by atoms with Crippen molar-refractivity contribution in [3.63, 3.8) is 0 Å². The van der Waals surface area contributed by atoms with Crippen LogP contribution in [0.15, 0.2) is 23.4 Å². The molecule has 1 aliphatic heterocycles. The Morgan fingerprint density at radius 3 is 2.80 bits per heavy atom. The molecule has 0 spiro atoms. The number of hydrogen-bond acceptors (Lipinski definition) is 3. The summed E-state index contributed by atoms with van der Waals surface area (Å²) >= 11 is 11.7. The molecule has 1 aliphatic rings.